The number of halogens is 5. The lowest BCUT2D eigenvalue weighted by atomic mass is 10.1. The van der Waals surface area contributed by atoms with E-state index in [9.17, 15) is 22.0 Å². The second kappa shape index (κ2) is 7.88. The third kappa shape index (κ3) is 4.41. The molecule has 0 fully saturated rings. The van der Waals surface area contributed by atoms with Crippen molar-refractivity contribution in [3.8, 4) is 5.82 Å². The first-order valence-electron chi connectivity index (χ1n) is 9.57. The van der Waals surface area contributed by atoms with Gasteiger partial charge in [-0.1, -0.05) is 6.07 Å². The Kier molecular flexibility index (Phi) is 5.35. The Labute approximate surface area is 179 Å². The van der Waals surface area contributed by atoms with E-state index in [1.54, 1.807) is 13.8 Å². The molecule has 0 saturated carbocycles. The smallest absolute Gasteiger partial charge is 0.433 e. The van der Waals surface area contributed by atoms with Crippen LogP contribution < -0.4 is 5.32 Å². The van der Waals surface area contributed by atoms with Crippen molar-refractivity contribution in [2.45, 2.75) is 32.1 Å². The van der Waals surface area contributed by atoms with Crippen LogP contribution in [0.15, 0.2) is 47.6 Å². The van der Waals surface area contributed by atoms with Crippen LogP contribution in [0.5, 0.6) is 0 Å². The number of alkyl halides is 3. The Morgan fingerprint density at radius 1 is 1.12 bits per heavy atom. The first-order valence-corrected chi connectivity index (χ1v) is 9.57. The highest BCUT2D eigenvalue weighted by Crippen LogP contribution is 2.32. The topological polar surface area (TPSA) is 64.3 Å². The van der Waals surface area contributed by atoms with Gasteiger partial charge in [-0.05, 0) is 38.1 Å². The summed E-state index contributed by atoms with van der Waals surface area (Å²) in [6, 6.07) is 7.13. The number of anilines is 1. The van der Waals surface area contributed by atoms with Gasteiger partial charge in [0.05, 0.1) is 17.4 Å². The van der Waals surface area contributed by atoms with E-state index in [1.807, 2.05) is 0 Å². The maximum absolute atomic E-state index is 13.7. The molecular weight excluding hydrogens is 433 g/mol. The van der Waals surface area contributed by atoms with Crippen LogP contribution >= 0.6 is 0 Å². The molecule has 168 valence electrons. The molecule has 4 rings (SSSR count). The van der Waals surface area contributed by atoms with Gasteiger partial charge >= 0.3 is 6.18 Å². The van der Waals surface area contributed by atoms with E-state index in [-0.39, 0.29) is 36.1 Å². The highest BCUT2D eigenvalue weighted by atomic mass is 19.4. The molecule has 0 aliphatic carbocycles. The lowest BCUT2D eigenvalue weighted by molar-refractivity contribution is -0.142. The van der Waals surface area contributed by atoms with E-state index in [4.69, 9.17) is 4.74 Å². The Morgan fingerprint density at radius 2 is 1.84 bits per heavy atom. The van der Waals surface area contributed by atoms with Gasteiger partial charge in [-0.15, -0.1) is 0 Å². The van der Waals surface area contributed by atoms with Crippen molar-refractivity contribution >= 4 is 11.6 Å². The summed E-state index contributed by atoms with van der Waals surface area (Å²) in [4.78, 5) is 8.28. The summed E-state index contributed by atoms with van der Waals surface area (Å²) in [5.74, 6) is -1.48. The molecule has 1 aromatic carbocycles. The molecule has 0 unspecified atom stereocenters. The maximum Gasteiger partial charge on any atom is 0.433 e. The number of rotatable bonds is 5. The largest absolute Gasteiger partial charge is 0.474 e. The summed E-state index contributed by atoms with van der Waals surface area (Å²) in [5, 5.41) is 6.79. The molecule has 0 radical (unpaired) electrons. The zero-order valence-corrected chi connectivity index (χ0v) is 17.0. The summed E-state index contributed by atoms with van der Waals surface area (Å²) in [6.45, 7) is 3.66. The van der Waals surface area contributed by atoms with Crippen molar-refractivity contribution in [1.29, 1.82) is 0 Å². The molecule has 11 heteroatoms. The average Bonchev–Trinajstić information content (AvgIpc) is 3.31. The van der Waals surface area contributed by atoms with Crippen LogP contribution in [0.25, 0.3) is 5.82 Å². The predicted octanol–water partition coefficient (Wildman–Crippen LogP) is 4.73. The number of hydrogen-bond donors (Lipinski definition) is 1. The van der Waals surface area contributed by atoms with Crippen LogP contribution in [0.2, 0.25) is 0 Å². The van der Waals surface area contributed by atoms with E-state index in [1.165, 1.54) is 24.4 Å². The Balaban J connectivity index is 1.59. The monoisotopic (exact) mass is 451 g/mol. The predicted molar refractivity (Wildman–Crippen MR) is 107 cm³/mol. The first kappa shape index (κ1) is 21.7. The molecule has 1 N–H and O–H groups in total. The average molecular weight is 451 g/mol. The fourth-order valence-corrected chi connectivity index (χ4v) is 3.09. The van der Waals surface area contributed by atoms with Crippen LogP contribution in [0, 0.1) is 11.6 Å². The summed E-state index contributed by atoms with van der Waals surface area (Å²) < 4.78 is 74.3. The van der Waals surface area contributed by atoms with Gasteiger partial charge in [-0.2, -0.15) is 18.3 Å². The van der Waals surface area contributed by atoms with Crippen LogP contribution in [0.4, 0.5) is 27.6 Å². The van der Waals surface area contributed by atoms with Gasteiger partial charge in [0.25, 0.3) is 0 Å². The zero-order chi connectivity index (χ0) is 23.1. The highest BCUT2D eigenvalue weighted by molar-refractivity contribution is 5.93. The number of pyridine rings is 1. The van der Waals surface area contributed by atoms with Crippen molar-refractivity contribution in [3.63, 3.8) is 0 Å². The molecule has 0 amide bonds. The Hall–Kier alpha value is -3.50. The minimum Gasteiger partial charge on any atom is -0.474 e. The van der Waals surface area contributed by atoms with Crippen molar-refractivity contribution in [3.05, 3.63) is 71.2 Å². The molecule has 1 aliphatic heterocycles. The third-order valence-corrected chi connectivity index (χ3v) is 4.68. The number of benzene rings is 1. The lowest BCUT2D eigenvalue weighted by Crippen LogP contribution is -2.17. The van der Waals surface area contributed by atoms with Gasteiger partial charge in [-0.3, -0.25) is 0 Å². The van der Waals surface area contributed by atoms with Crippen LogP contribution in [0.1, 0.15) is 30.8 Å². The summed E-state index contributed by atoms with van der Waals surface area (Å²) in [6.07, 6.45) is -3.44. The lowest BCUT2D eigenvalue weighted by Gasteiger charge is -2.11. The molecule has 6 nitrogen and oxygen atoms in total. The number of hydrogen-bond acceptors (Lipinski definition) is 5. The minimum atomic E-state index is -4.69. The number of nitrogens with one attached hydrogen (secondary N) is 1. The van der Waals surface area contributed by atoms with E-state index >= 15 is 0 Å². The maximum atomic E-state index is 13.7. The SMILES string of the molecule is CC1(C)COC(c2cc(C(F)(F)F)n(-c3ccc(NCc4c(F)cccc4F)cn3)n2)=N1. The third-order valence-electron chi connectivity index (χ3n) is 4.68. The molecule has 0 spiro atoms. The summed E-state index contributed by atoms with van der Waals surface area (Å²) in [7, 11) is 0. The number of aliphatic imine (C=N–C) groups is 1. The van der Waals surface area contributed by atoms with Crippen molar-refractivity contribution in [2.75, 3.05) is 11.9 Å². The fourth-order valence-electron chi connectivity index (χ4n) is 3.09. The summed E-state index contributed by atoms with van der Waals surface area (Å²) >= 11 is 0. The number of aromatic nitrogens is 3. The molecular formula is C21H18F5N5O. The molecule has 32 heavy (non-hydrogen) atoms. The van der Waals surface area contributed by atoms with E-state index < -0.39 is 29.0 Å². The standard InChI is InChI=1S/C21H18F5N5O/c1-20(2)11-32-19(29-20)16-8-17(21(24,25)26)31(30-16)18-7-6-12(9-28-18)27-10-13-14(22)4-3-5-15(13)23/h3-9,27H,10-11H2,1-2H3. The van der Waals surface area contributed by atoms with Crippen LogP contribution in [-0.2, 0) is 17.5 Å². The van der Waals surface area contributed by atoms with E-state index in [0.717, 1.165) is 18.2 Å². The first-order chi connectivity index (χ1) is 15.0. The van der Waals surface area contributed by atoms with Gasteiger partial charge in [0, 0.05) is 18.2 Å². The van der Waals surface area contributed by atoms with Gasteiger partial charge in [0.15, 0.2) is 11.5 Å². The number of ether oxygens (including phenoxy) is 1. The fraction of sp³-hybridized carbons (Fsp3) is 0.286. The second-order valence-electron chi connectivity index (χ2n) is 7.80. The van der Waals surface area contributed by atoms with Crippen molar-refractivity contribution in [1.82, 2.24) is 14.8 Å². The van der Waals surface area contributed by atoms with Gasteiger partial charge in [0.1, 0.15) is 23.9 Å². The molecule has 3 heterocycles. The molecule has 0 atom stereocenters. The highest BCUT2D eigenvalue weighted by Gasteiger charge is 2.38. The zero-order valence-electron chi connectivity index (χ0n) is 17.0. The summed E-state index contributed by atoms with van der Waals surface area (Å²) in [5.41, 5.74) is -1.44. The Morgan fingerprint density at radius 3 is 2.41 bits per heavy atom. The van der Waals surface area contributed by atoms with Crippen LogP contribution in [0.3, 0.4) is 0 Å². The normalized spacial score (nSPS) is 15.4. The molecule has 3 aromatic rings. The molecule has 0 bridgehead atoms. The van der Waals surface area contributed by atoms with E-state index in [0.29, 0.717) is 10.4 Å². The minimum absolute atomic E-state index is 0.0319. The molecule has 0 saturated heterocycles. The second-order valence-corrected chi connectivity index (χ2v) is 7.80. The van der Waals surface area contributed by atoms with Gasteiger partial charge in [0.2, 0.25) is 5.90 Å². The van der Waals surface area contributed by atoms with Crippen molar-refractivity contribution in [2.24, 2.45) is 4.99 Å². The van der Waals surface area contributed by atoms with Crippen LogP contribution in [-0.4, -0.2) is 32.8 Å². The quantitative estimate of drug-likeness (QED) is 0.570. The van der Waals surface area contributed by atoms with E-state index in [2.05, 4.69) is 20.4 Å². The Bertz CT molecular complexity index is 1150. The molecule has 1 aliphatic rings. The van der Waals surface area contributed by atoms with Gasteiger partial charge < -0.3 is 10.1 Å². The van der Waals surface area contributed by atoms with Crippen molar-refractivity contribution < 1.29 is 26.7 Å². The van der Waals surface area contributed by atoms with Gasteiger partial charge in [-0.25, -0.2) is 23.4 Å². The number of nitrogens with zero attached hydrogens (tertiary/aromatic N) is 4. The molecule has 2 aromatic heterocycles.